The van der Waals surface area contributed by atoms with Crippen LogP contribution in [0.25, 0.3) is 0 Å². The smallest absolute Gasteiger partial charge is 0.286 e. The molecule has 2 fully saturated rings. The first-order chi connectivity index (χ1) is 16.6. The number of amidine groups is 1. The van der Waals surface area contributed by atoms with Crippen molar-refractivity contribution < 1.29 is 18.3 Å². The van der Waals surface area contributed by atoms with Crippen LogP contribution in [0.2, 0.25) is 0 Å². The van der Waals surface area contributed by atoms with Gasteiger partial charge in [0.15, 0.2) is 5.84 Å². The van der Waals surface area contributed by atoms with Gasteiger partial charge in [0.05, 0.1) is 11.2 Å². The van der Waals surface area contributed by atoms with Crippen molar-refractivity contribution in [1.29, 1.82) is 0 Å². The van der Waals surface area contributed by atoms with Crippen LogP contribution in [-0.2, 0) is 14.8 Å². The van der Waals surface area contributed by atoms with Crippen molar-refractivity contribution in [3.63, 3.8) is 0 Å². The Morgan fingerprint density at radius 2 is 1.94 bits per heavy atom. The third kappa shape index (κ3) is 4.11. The van der Waals surface area contributed by atoms with E-state index in [0.29, 0.717) is 18.2 Å². The number of aliphatic hydroxyl groups is 1. The summed E-state index contributed by atoms with van der Waals surface area (Å²) >= 11 is 0. The molecule has 1 aliphatic carbocycles. The summed E-state index contributed by atoms with van der Waals surface area (Å²) in [6, 6.07) is 5.30. The Balaban J connectivity index is 1.55. The van der Waals surface area contributed by atoms with Gasteiger partial charge in [0.1, 0.15) is 16.2 Å². The lowest BCUT2D eigenvalue weighted by molar-refractivity contribution is -0.139. The van der Waals surface area contributed by atoms with Gasteiger partial charge in [-0.2, -0.15) is 8.42 Å². The molecule has 3 heterocycles. The molecule has 0 spiro atoms. The van der Waals surface area contributed by atoms with Crippen molar-refractivity contribution >= 4 is 33.1 Å². The lowest BCUT2D eigenvalue weighted by atomic mass is 9.68. The number of anilines is 2. The zero-order chi connectivity index (χ0) is 25.0. The second-order valence-corrected chi connectivity index (χ2v) is 12.5. The molecule has 1 aromatic rings. The zero-order valence-electron chi connectivity index (χ0n) is 20.9. The van der Waals surface area contributed by atoms with Crippen molar-refractivity contribution in [1.82, 2.24) is 4.90 Å². The van der Waals surface area contributed by atoms with Crippen molar-refractivity contribution in [3.8, 4) is 0 Å². The summed E-state index contributed by atoms with van der Waals surface area (Å²) in [6.07, 6.45) is 6.56. The van der Waals surface area contributed by atoms with Gasteiger partial charge in [-0.3, -0.25) is 4.79 Å². The van der Waals surface area contributed by atoms with Crippen LogP contribution in [-0.4, -0.2) is 55.3 Å². The molecule has 0 radical (unpaired) electrons. The second-order valence-electron chi connectivity index (χ2n) is 11.0. The van der Waals surface area contributed by atoms with Gasteiger partial charge in [0.25, 0.3) is 15.9 Å². The summed E-state index contributed by atoms with van der Waals surface area (Å²) in [4.78, 5) is 18.0. The lowest BCUT2D eigenvalue weighted by Crippen LogP contribution is -2.61. The minimum atomic E-state index is -4.04. The van der Waals surface area contributed by atoms with Gasteiger partial charge in [-0.15, -0.1) is 4.40 Å². The highest BCUT2D eigenvalue weighted by atomic mass is 32.2. The Labute approximate surface area is 208 Å². The van der Waals surface area contributed by atoms with Gasteiger partial charge in [-0.05, 0) is 63.1 Å². The summed E-state index contributed by atoms with van der Waals surface area (Å²) in [7, 11) is -4.04. The van der Waals surface area contributed by atoms with E-state index in [0.717, 1.165) is 63.7 Å². The largest absolute Gasteiger partial charge is 0.511 e. The fraction of sp³-hybridized carbons (Fsp3) is 0.615. The van der Waals surface area contributed by atoms with Crippen LogP contribution >= 0.6 is 0 Å². The number of amides is 1. The Hall–Kier alpha value is -2.55. The molecule has 1 aromatic carbocycles. The third-order valence-corrected chi connectivity index (χ3v) is 9.50. The minimum Gasteiger partial charge on any atom is -0.511 e. The molecule has 0 bridgehead atoms. The van der Waals surface area contributed by atoms with E-state index in [9.17, 15) is 18.3 Å². The molecule has 4 aliphatic rings. The predicted molar refractivity (Wildman–Crippen MR) is 137 cm³/mol. The zero-order valence-corrected chi connectivity index (χ0v) is 21.7. The number of rotatable bonds is 5. The van der Waals surface area contributed by atoms with Crippen molar-refractivity contribution in [3.05, 3.63) is 29.5 Å². The number of nitrogens with one attached hydrogen (secondary N) is 1. The molecule has 3 aliphatic heterocycles. The standard InChI is InChI=1S/C26H36N4O4S/c1-17(2)11-15-30-25(32)22(23(31)19-8-4-5-12-26(19,30)3)24-27-20-10-9-18(29-13-6-7-14-29)16-21(20)35(33,34)28-24/h9-10,16-17,19,31H,4-8,11-15H2,1-3H3,(H,27,28)/t19-,26-/m0/s1. The number of fused-ring (bicyclic) bond motifs is 2. The number of hydrogen-bond donors (Lipinski definition) is 2. The normalized spacial score (nSPS) is 28.1. The lowest BCUT2D eigenvalue weighted by Gasteiger charge is -2.52. The van der Waals surface area contributed by atoms with Gasteiger partial charge in [0, 0.05) is 31.2 Å². The third-order valence-electron chi connectivity index (χ3n) is 8.18. The second kappa shape index (κ2) is 8.84. The Kier molecular flexibility index (Phi) is 6.10. The van der Waals surface area contributed by atoms with Gasteiger partial charge in [-0.1, -0.05) is 26.7 Å². The van der Waals surface area contributed by atoms with Crippen LogP contribution in [0.4, 0.5) is 11.4 Å². The van der Waals surface area contributed by atoms with E-state index in [1.54, 1.807) is 12.1 Å². The quantitative estimate of drug-likeness (QED) is 0.619. The van der Waals surface area contributed by atoms with Gasteiger partial charge in [-0.25, -0.2) is 0 Å². The molecule has 2 N–H and O–H groups in total. The van der Waals surface area contributed by atoms with E-state index in [1.807, 2.05) is 11.0 Å². The summed E-state index contributed by atoms with van der Waals surface area (Å²) in [6.45, 7) is 8.68. The molecule has 8 nitrogen and oxygen atoms in total. The first-order valence-electron chi connectivity index (χ1n) is 12.9. The number of nitrogens with zero attached hydrogens (tertiary/aromatic N) is 3. The summed E-state index contributed by atoms with van der Waals surface area (Å²) in [5.74, 6) is -0.268. The van der Waals surface area contributed by atoms with Crippen molar-refractivity contribution in [2.24, 2.45) is 16.2 Å². The number of benzene rings is 1. The average Bonchev–Trinajstić information content (AvgIpc) is 3.33. The maximum Gasteiger partial charge on any atom is 0.286 e. The molecule has 2 atom stereocenters. The molecule has 1 saturated heterocycles. The molecule has 5 rings (SSSR count). The van der Waals surface area contributed by atoms with E-state index in [2.05, 4.69) is 35.4 Å². The monoisotopic (exact) mass is 500 g/mol. The topological polar surface area (TPSA) is 102 Å². The fourth-order valence-corrected chi connectivity index (χ4v) is 7.26. The van der Waals surface area contributed by atoms with Gasteiger partial charge < -0.3 is 20.2 Å². The van der Waals surface area contributed by atoms with Crippen LogP contribution in [0.5, 0.6) is 0 Å². The van der Waals surface area contributed by atoms with Gasteiger partial charge >= 0.3 is 0 Å². The molecule has 9 heteroatoms. The molecule has 1 amide bonds. The summed E-state index contributed by atoms with van der Waals surface area (Å²) in [5, 5.41) is 14.4. The highest BCUT2D eigenvalue weighted by Crippen LogP contribution is 2.47. The van der Waals surface area contributed by atoms with Crippen molar-refractivity contribution in [2.45, 2.75) is 76.2 Å². The Morgan fingerprint density at radius 1 is 1.20 bits per heavy atom. The predicted octanol–water partition coefficient (Wildman–Crippen LogP) is 4.45. The number of sulfonamides is 1. The van der Waals surface area contributed by atoms with Crippen LogP contribution in [0.3, 0.4) is 0 Å². The first kappa shape index (κ1) is 24.2. The SMILES string of the molecule is CC(C)CCN1C(=O)C(C2=NS(=O)(=O)c3cc(N4CCCC4)ccc3N2)=C(O)[C@@H]2CCCC[C@@]21C. The maximum atomic E-state index is 13.8. The first-order valence-corrected chi connectivity index (χ1v) is 14.3. The number of carbonyl (C=O) groups is 1. The number of hydrogen-bond acceptors (Lipinski definition) is 6. The van der Waals surface area contributed by atoms with Crippen LogP contribution < -0.4 is 10.2 Å². The van der Waals surface area contributed by atoms with E-state index in [4.69, 9.17) is 0 Å². The molecular weight excluding hydrogens is 464 g/mol. The Bertz CT molecular complexity index is 1200. The molecule has 190 valence electrons. The maximum absolute atomic E-state index is 13.8. The number of carbonyl (C=O) groups excluding carboxylic acids is 1. The fourth-order valence-electron chi connectivity index (χ4n) is 6.12. The van der Waals surface area contributed by atoms with Crippen LogP contribution in [0.15, 0.2) is 38.8 Å². The van der Waals surface area contributed by atoms with Crippen molar-refractivity contribution in [2.75, 3.05) is 29.9 Å². The highest BCUT2D eigenvalue weighted by molar-refractivity contribution is 7.90. The van der Waals surface area contributed by atoms with E-state index >= 15 is 0 Å². The van der Waals surface area contributed by atoms with Crippen LogP contribution in [0, 0.1) is 11.8 Å². The summed E-state index contributed by atoms with van der Waals surface area (Å²) in [5.41, 5.74) is 0.765. The van der Waals surface area contributed by atoms with E-state index in [-0.39, 0.29) is 33.9 Å². The van der Waals surface area contributed by atoms with Crippen LogP contribution in [0.1, 0.15) is 65.7 Å². The summed E-state index contributed by atoms with van der Waals surface area (Å²) < 4.78 is 30.6. The molecule has 0 unspecified atom stereocenters. The highest BCUT2D eigenvalue weighted by Gasteiger charge is 2.52. The minimum absolute atomic E-state index is 0.00373. The molecule has 1 saturated carbocycles. The van der Waals surface area contributed by atoms with Gasteiger partial charge in [0.2, 0.25) is 0 Å². The average molecular weight is 501 g/mol. The Morgan fingerprint density at radius 3 is 2.66 bits per heavy atom. The van der Waals surface area contributed by atoms with E-state index < -0.39 is 15.6 Å². The molecular formula is C26H36N4O4S. The molecule has 0 aromatic heterocycles. The number of aliphatic hydroxyl groups excluding tert-OH is 1. The van der Waals surface area contributed by atoms with E-state index in [1.165, 1.54) is 0 Å². The molecule has 35 heavy (non-hydrogen) atoms.